The smallest absolute Gasteiger partial charge is 0.274 e. The molecular weight excluding hydrogens is 588 g/mol. The third-order valence-electron chi connectivity index (χ3n) is 8.15. The Morgan fingerprint density at radius 2 is 1.30 bits per heavy atom. The van der Waals surface area contributed by atoms with E-state index in [9.17, 15) is 21.2 Å². The molecule has 2 atom stereocenters. The topological polar surface area (TPSA) is 92.6 Å². The van der Waals surface area contributed by atoms with E-state index in [1.54, 1.807) is 48.5 Å². The molecule has 8 nitrogen and oxygen atoms in total. The predicted octanol–water partition coefficient (Wildman–Crippen LogP) is 5.23. The van der Waals surface area contributed by atoms with Gasteiger partial charge < -0.3 is 0 Å². The standard InChI is InChI=1S/C32H27FN4O4S2/c33-25-17-15-24(16-18-25)31-29(21-37(34-31)43(40,41)27-12-5-2-6-13-27)32-35-20-19-23-9-7-8-14-28(23)30(35)22-36(32)42(38,39)26-10-3-1-4-11-26/h1-18,21,30,32H,19-20,22H2. The van der Waals surface area contributed by atoms with Crippen LogP contribution in [-0.2, 0) is 26.5 Å². The van der Waals surface area contributed by atoms with Gasteiger partial charge in [0.15, 0.2) is 0 Å². The first kappa shape index (κ1) is 27.7. The van der Waals surface area contributed by atoms with Crippen molar-refractivity contribution in [2.75, 3.05) is 13.1 Å². The van der Waals surface area contributed by atoms with Crippen molar-refractivity contribution in [1.82, 2.24) is 18.4 Å². The summed E-state index contributed by atoms with van der Waals surface area (Å²) < 4.78 is 72.4. The van der Waals surface area contributed by atoms with Gasteiger partial charge >= 0.3 is 0 Å². The highest BCUT2D eigenvalue weighted by Crippen LogP contribution is 2.48. The number of rotatable bonds is 6. The summed E-state index contributed by atoms with van der Waals surface area (Å²) in [5.74, 6) is -0.455. The quantitative estimate of drug-likeness (QED) is 0.260. The summed E-state index contributed by atoms with van der Waals surface area (Å²) in [5.41, 5.74) is 3.32. The molecule has 2 aliphatic rings. The second-order valence-electron chi connectivity index (χ2n) is 10.6. The van der Waals surface area contributed by atoms with Gasteiger partial charge in [-0.1, -0.05) is 60.7 Å². The zero-order chi connectivity index (χ0) is 29.8. The Labute approximate surface area is 249 Å². The molecule has 5 aromatic rings. The van der Waals surface area contributed by atoms with Crippen LogP contribution in [0, 0.1) is 5.82 Å². The summed E-state index contributed by atoms with van der Waals surface area (Å²) in [6.45, 7) is 0.713. The first-order valence-electron chi connectivity index (χ1n) is 13.8. The van der Waals surface area contributed by atoms with Crippen LogP contribution in [0.15, 0.2) is 125 Å². The van der Waals surface area contributed by atoms with Gasteiger partial charge in [-0.25, -0.2) is 12.8 Å². The Morgan fingerprint density at radius 1 is 0.698 bits per heavy atom. The molecule has 0 bridgehead atoms. The molecule has 43 heavy (non-hydrogen) atoms. The number of aromatic nitrogens is 2. The van der Waals surface area contributed by atoms with E-state index in [0.29, 0.717) is 24.1 Å². The van der Waals surface area contributed by atoms with Crippen molar-refractivity contribution >= 4 is 20.0 Å². The van der Waals surface area contributed by atoms with Gasteiger partial charge in [0.25, 0.3) is 10.0 Å². The van der Waals surface area contributed by atoms with Crippen molar-refractivity contribution < 1.29 is 21.2 Å². The molecule has 218 valence electrons. The number of benzene rings is 4. The van der Waals surface area contributed by atoms with Gasteiger partial charge in [0.2, 0.25) is 10.0 Å². The fourth-order valence-corrected chi connectivity index (χ4v) is 8.87. The predicted molar refractivity (Wildman–Crippen MR) is 159 cm³/mol. The van der Waals surface area contributed by atoms with Crippen LogP contribution in [0.25, 0.3) is 11.3 Å². The average molecular weight is 615 g/mol. The minimum absolute atomic E-state index is 0.0414. The number of hydrogen-bond donors (Lipinski definition) is 0. The summed E-state index contributed by atoms with van der Waals surface area (Å²) in [7, 11) is -8.16. The Bertz CT molecular complexity index is 2020. The van der Waals surface area contributed by atoms with E-state index in [-0.39, 0.29) is 28.1 Å². The number of sulfonamides is 1. The van der Waals surface area contributed by atoms with E-state index in [2.05, 4.69) is 16.1 Å². The van der Waals surface area contributed by atoms with Crippen LogP contribution in [0.4, 0.5) is 4.39 Å². The van der Waals surface area contributed by atoms with Crippen LogP contribution >= 0.6 is 0 Å². The van der Waals surface area contributed by atoms with Crippen LogP contribution in [0.3, 0.4) is 0 Å². The number of nitrogens with zero attached hydrogens (tertiary/aromatic N) is 4. The largest absolute Gasteiger partial charge is 0.282 e. The van der Waals surface area contributed by atoms with Gasteiger partial charge in [0.05, 0.1) is 21.5 Å². The number of hydrogen-bond acceptors (Lipinski definition) is 6. The van der Waals surface area contributed by atoms with E-state index in [0.717, 1.165) is 15.2 Å². The van der Waals surface area contributed by atoms with Gasteiger partial charge in [-0.3, -0.25) is 4.90 Å². The lowest BCUT2D eigenvalue weighted by Crippen LogP contribution is -2.37. The molecule has 0 spiro atoms. The summed E-state index contributed by atoms with van der Waals surface area (Å²) in [6, 6.07) is 29.5. The molecule has 7 rings (SSSR count). The highest BCUT2D eigenvalue weighted by molar-refractivity contribution is 7.90. The van der Waals surface area contributed by atoms with Crippen LogP contribution in [-0.4, -0.2) is 48.3 Å². The first-order valence-corrected chi connectivity index (χ1v) is 16.7. The Kier molecular flexibility index (Phi) is 6.77. The van der Waals surface area contributed by atoms with Crippen molar-refractivity contribution in [2.45, 2.75) is 28.4 Å². The summed E-state index contributed by atoms with van der Waals surface area (Å²) in [4.78, 5) is 2.28. The van der Waals surface area contributed by atoms with E-state index >= 15 is 0 Å². The molecule has 1 aromatic heterocycles. The molecule has 3 heterocycles. The molecule has 0 amide bonds. The van der Waals surface area contributed by atoms with Gasteiger partial charge in [0.1, 0.15) is 12.0 Å². The van der Waals surface area contributed by atoms with Crippen LogP contribution in [0.2, 0.25) is 0 Å². The summed E-state index contributed by atoms with van der Waals surface area (Å²) in [6.07, 6.45) is 1.23. The molecule has 2 unspecified atom stereocenters. The van der Waals surface area contributed by atoms with Crippen LogP contribution in [0.1, 0.15) is 28.9 Å². The first-order chi connectivity index (χ1) is 20.7. The maximum Gasteiger partial charge on any atom is 0.282 e. The second-order valence-corrected chi connectivity index (χ2v) is 14.3. The summed E-state index contributed by atoms with van der Waals surface area (Å²) >= 11 is 0. The maximum absolute atomic E-state index is 14.3. The average Bonchev–Trinajstić information content (AvgIpc) is 3.66. The zero-order valence-electron chi connectivity index (χ0n) is 22.9. The molecule has 0 N–H and O–H groups in total. The minimum Gasteiger partial charge on any atom is -0.274 e. The third-order valence-corrected chi connectivity index (χ3v) is 11.5. The molecular formula is C32H27FN4O4S2. The summed E-state index contributed by atoms with van der Waals surface area (Å²) in [5, 5.41) is 4.53. The fourth-order valence-electron chi connectivity index (χ4n) is 6.10. The maximum atomic E-state index is 14.3. The van der Waals surface area contributed by atoms with Crippen molar-refractivity contribution in [3.05, 3.63) is 138 Å². The molecule has 0 saturated carbocycles. The van der Waals surface area contributed by atoms with Crippen LogP contribution in [0.5, 0.6) is 0 Å². The molecule has 1 fully saturated rings. The fraction of sp³-hybridized carbons (Fsp3) is 0.156. The van der Waals surface area contributed by atoms with E-state index in [4.69, 9.17) is 0 Å². The van der Waals surface area contributed by atoms with E-state index in [1.807, 2.05) is 18.2 Å². The monoisotopic (exact) mass is 614 g/mol. The SMILES string of the molecule is O=S(=O)(c1ccccc1)N1CC2c3ccccc3CCN2C1c1cn(S(=O)(=O)c2ccccc2)nc1-c1ccc(F)cc1. The highest BCUT2D eigenvalue weighted by atomic mass is 32.2. The zero-order valence-corrected chi connectivity index (χ0v) is 24.5. The minimum atomic E-state index is -4.12. The Morgan fingerprint density at radius 3 is 1.98 bits per heavy atom. The molecule has 0 aliphatic carbocycles. The lowest BCUT2D eigenvalue weighted by Gasteiger charge is -2.35. The molecule has 0 radical (unpaired) electrons. The van der Waals surface area contributed by atoms with Crippen molar-refractivity contribution in [3.63, 3.8) is 0 Å². The van der Waals surface area contributed by atoms with Gasteiger partial charge in [0, 0.05) is 30.4 Å². The van der Waals surface area contributed by atoms with Gasteiger partial charge in [-0.2, -0.15) is 21.9 Å². The highest BCUT2D eigenvalue weighted by Gasteiger charge is 2.50. The van der Waals surface area contributed by atoms with E-state index < -0.39 is 32.0 Å². The van der Waals surface area contributed by atoms with Crippen molar-refractivity contribution in [2.24, 2.45) is 0 Å². The molecule has 1 saturated heterocycles. The second kappa shape index (κ2) is 10.5. The van der Waals surface area contributed by atoms with Crippen molar-refractivity contribution in [1.29, 1.82) is 0 Å². The molecule has 4 aromatic carbocycles. The Hall–Kier alpha value is -4.16. The lowest BCUT2D eigenvalue weighted by molar-refractivity contribution is 0.155. The number of fused-ring (bicyclic) bond motifs is 3. The number of halogens is 1. The molecule has 11 heteroatoms. The Balaban J connectivity index is 1.45. The lowest BCUT2D eigenvalue weighted by atomic mass is 9.93. The van der Waals surface area contributed by atoms with Gasteiger partial charge in [-0.15, -0.1) is 0 Å². The van der Waals surface area contributed by atoms with Crippen molar-refractivity contribution in [3.8, 4) is 11.3 Å². The molecule has 2 aliphatic heterocycles. The van der Waals surface area contributed by atoms with Gasteiger partial charge in [-0.05, 0) is 66.1 Å². The van der Waals surface area contributed by atoms with Crippen LogP contribution < -0.4 is 0 Å². The third kappa shape index (κ3) is 4.69. The normalized spacial score (nSPS) is 19.2. The van der Waals surface area contributed by atoms with E-state index in [1.165, 1.54) is 46.9 Å².